The highest BCUT2D eigenvalue weighted by Gasteiger charge is 2.33. The fourth-order valence-electron chi connectivity index (χ4n) is 3.66. The van der Waals surface area contributed by atoms with E-state index in [2.05, 4.69) is 5.32 Å². The predicted octanol–water partition coefficient (Wildman–Crippen LogP) is 3.80. The molecule has 3 rings (SSSR count). The van der Waals surface area contributed by atoms with Gasteiger partial charge in [0.2, 0.25) is 15.9 Å². The van der Waals surface area contributed by atoms with Crippen LogP contribution in [0.2, 0.25) is 0 Å². The highest BCUT2D eigenvalue weighted by molar-refractivity contribution is 7.89. The summed E-state index contributed by atoms with van der Waals surface area (Å²) in [4.78, 5) is 12.4. The van der Waals surface area contributed by atoms with Gasteiger partial charge >= 0.3 is 0 Å². The molecule has 1 fully saturated rings. The topological polar surface area (TPSA) is 66.5 Å². The van der Waals surface area contributed by atoms with Crippen LogP contribution in [0, 0.1) is 18.7 Å². The number of carbonyl (C=O) groups is 1. The fourth-order valence-corrected chi connectivity index (χ4v) is 5.20. The average molecular weight is 419 g/mol. The monoisotopic (exact) mass is 418 g/mol. The third kappa shape index (κ3) is 4.85. The van der Waals surface area contributed by atoms with Gasteiger partial charge in [-0.25, -0.2) is 12.8 Å². The maximum Gasteiger partial charge on any atom is 0.245 e. The second-order valence-corrected chi connectivity index (χ2v) is 9.40. The molecule has 1 saturated heterocycles. The Labute approximate surface area is 172 Å². The summed E-state index contributed by atoms with van der Waals surface area (Å²) in [5.74, 6) is -1.06. The molecule has 0 saturated carbocycles. The largest absolute Gasteiger partial charge is 0.349 e. The Morgan fingerprint density at radius 1 is 1.14 bits per heavy atom. The summed E-state index contributed by atoms with van der Waals surface area (Å²) in [7, 11) is -3.89. The van der Waals surface area contributed by atoms with Gasteiger partial charge in [0.15, 0.2) is 0 Å². The van der Waals surface area contributed by atoms with Gasteiger partial charge in [0.25, 0.3) is 0 Å². The minimum absolute atomic E-state index is 0.0552. The highest BCUT2D eigenvalue weighted by atomic mass is 32.2. The zero-order valence-electron chi connectivity index (χ0n) is 16.8. The number of hydrogen-bond acceptors (Lipinski definition) is 3. The lowest BCUT2D eigenvalue weighted by atomic mass is 9.95. The van der Waals surface area contributed by atoms with Crippen LogP contribution >= 0.6 is 0 Å². The van der Waals surface area contributed by atoms with E-state index in [-0.39, 0.29) is 35.9 Å². The van der Waals surface area contributed by atoms with Gasteiger partial charge < -0.3 is 5.32 Å². The van der Waals surface area contributed by atoms with Crippen molar-refractivity contribution in [2.45, 2.75) is 44.0 Å². The number of amides is 1. The van der Waals surface area contributed by atoms with E-state index in [1.54, 1.807) is 0 Å². The Kier molecular flexibility index (Phi) is 6.70. The SMILES string of the molecule is CCC(NC(=O)C1CCN(S(=O)(=O)c2ccccc2F)CC1)c1ccc(C)cc1. The van der Waals surface area contributed by atoms with Crippen LogP contribution in [0.15, 0.2) is 53.4 Å². The van der Waals surface area contributed by atoms with Crippen LogP contribution in [0.3, 0.4) is 0 Å². The third-order valence-electron chi connectivity index (χ3n) is 5.48. The number of halogens is 1. The molecular formula is C22H27FN2O3S. The number of carbonyl (C=O) groups excluding carboxylic acids is 1. The van der Waals surface area contributed by atoms with Crippen molar-refractivity contribution in [3.8, 4) is 0 Å². The van der Waals surface area contributed by atoms with E-state index >= 15 is 0 Å². The molecule has 0 radical (unpaired) electrons. The van der Waals surface area contributed by atoms with Crippen molar-refractivity contribution in [3.63, 3.8) is 0 Å². The Morgan fingerprint density at radius 2 is 1.76 bits per heavy atom. The van der Waals surface area contributed by atoms with Gasteiger partial charge in [0.05, 0.1) is 6.04 Å². The number of nitrogens with one attached hydrogen (secondary N) is 1. The van der Waals surface area contributed by atoms with Crippen LogP contribution in [0.5, 0.6) is 0 Å². The number of piperidine rings is 1. The van der Waals surface area contributed by atoms with Gasteiger partial charge in [-0.3, -0.25) is 4.79 Å². The second-order valence-electron chi connectivity index (χ2n) is 7.49. The highest BCUT2D eigenvalue weighted by Crippen LogP contribution is 2.26. The molecule has 7 heteroatoms. The molecule has 2 aromatic rings. The van der Waals surface area contributed by atoms with Gasteiger partial charge in [-0.2, -0.15) is 4.31 Å². The molecule has 1 aliphatic heterocycles. The number of nitrogens with zero attached hydrogens (tertiary/aromatic N) is 1. The molecule has 1 atom stereocenters. The van der Waals surface area contributed by atoms with Crippen molar-refractivity contribution in [3.05, 3.63) is 65.5 Å². The van der Waals surface area contributed by atoms with E-state index in [0.717, 1.165) is 18.1 Å². The quantitative estimate of drug-likeness (QED) is 0.776. The Balaban J connectivity index is 1.62. The van der Waals surface area contributed by atoms with Crippen molar-refractivity contribution in [1.82, 2.24) is 9.62 Å². The first-order valence-corrected chi connectivity index (χ1v) is 11.4. The van der Waals surface area contributed by atoms with Crippen LogP contribution in [0.4, 0.5) is 4.39 Å². The molecular weight excluding hydrogens is 391 g/mol. The summed E-state index contributed by atoms with van der Waals surface area (Å²) in [6.45, 7) is 4.45. The molecule has 0 aromatic heterocycles. The molecule has 156 valence electrons. The van der Waals surface area contributed by atoms with Crippen molar-refractivity contribution in [1.29, 1.82) is 0 Å². The molecule has 0 aliphatic carbocycles. The number of rotatable bonds is 6. The first-order valence-electron chi connectivity index (χ1n) is 9.94. The standard InChI is InChI=1S/C22H27FN2O3S/c1-3-20(17-10-8-16(2)9-11-17)24-22(26)18-12-14-25(15-13-18)29(27,28)21-7-5-4-6-19(21)23/h4-11,18,20H,3,12-15H2,1-2H3,(H,24,26). The van der Waals surface area contributed by atoms with Crippen molar-refractivity contribution >= 4 is 15.9 Å². The van der Waals surface area contributed by atoms with Crippen molar-refractivity contribution in [2.24, 2.45) is 5.92 Å². The molecule has 0 spiro atoms. The molecule has 1 heterocycles. The van der Waals surface area contributed by atoms with E-state index < -0.39 is 15.8 Å². The summed E-state index contributed by atoms with van der Waals surface area (Å²) in [5.41, 5.74) is 2.23. The molecule has 1 aliphatic rings. The Hall–Kier alpha value is -2.25. The summed E-state index contributed by atoms with van der Waals surface area (Å²) >= 11 is 0. The number of hydrogen-bond donors (Lipinski definition) is 1. The third-order valence-corrected chi connectivity index (χ3v) is 7.42. The average Bonchev–Trinajstić information content (AvgIpc) is 2.73. The lowest BCUT2D eigenvalue weighted by molar-refractivity contribution is -0.126. The summed E-state index contributed by atoms with van der Waals surface area (Å²) < 4.78 is 40.6. The van der Waals surface area contributed by atoms with E-state index in [0.29, 0.717) is 12.8 Å². The van der Waals surface area contributed by atoms with Gasteiger partial charge in [-0.15, -0.1) is 0 Å². The molecule has 2 aromatic carbocycles. The fraction of sp³-hybridized carbons (Fsp3) is 0.409. The number of aryl methyl sites for hydroxylation is 1. The molecule has 1 amide bonds. The number of sulfonamides is 1. The lowest BCUT2D eigenvalue weighted by Gasteiger charge is -2.31. The van der Waals surface area contributed by atoms with Crippen LogP contribution in [0.25, 0.3) is 0 Å². The van der Waals surface area contributed by atoms with E-state index in [9.17, 15) is 17.6 Å². The summed E-state index contributed by atoms with van der Waals surface area (Å²) in [6.07, 6.45) is 1.61. The molecule has 1 N–H and O–H groups in total. The van der Waals surface area contributed by atoms with E-state index in [4.69, 9.17) is 0 Å². The van der Waals surface area contributed by atoms with Crippen LogP contribution in [-0.2, 0) is 14.8 Å². The van der Waals surface area contributed by atoms with Crippen molar-refractivity contribution in [2.75, 3.05) is 13.1 Å². The van der Waals surface area contributed by atoms with Gasteiger partial charge in [-0.05, 0) is 43.9 Å². The van der Waals surface area contributed by atoms with E-state index in [1.807, 2.05) is 38.1 Å². The first kappa shape index (κ1) is 21.5. The Morgan fingerprint density at radius 3 is 2.34 bits per heavy atom. The normalized spacial score (nSPS) is 17.1. The first-order chi connectivity index (χ1) is 13.8. The smallest absolute Gasteiger partial charge is 0.245 e. The van der Waals surface area contributed by atoms with Crippen molar-refractivity contribution < 1.29 is 17.6 Å². The lowest BCUT2D eigenvalue weighted by Crippen LogP contribution is -2.43. The Bertz CT molecular complexity index is 952. The zero-order chi connectivity index (χ0) is 21.0. The van der Waals surface area contributed by atoms with E-state index in [1.165, 1.54) is 28.1 Å². The van der Waals surface area contributed by atoms with Crippen LogP contribution < -0.4 is 5.32 Å². The summed E-state index contributed by atoms with van der Waals surface area (Å²) in [6, 6.07) is 13.4. The minimum Gasteiger partial charge on any atom is -0.349 e. The molecule has 5 nitrogen and oxygen atoms in total. The van der Waals surface area contributed by atoms with Crippen LogP contribution in [-0.4, -0.2) is 31.7 Å². The number of benzene rings is 2. The molecule has 0 bridgehead atoms. The predicted molar refractivity (Wildman–Crippen MR) is 110 cm³/mol. The molecule has 1 unspecified atom stereocenters. The van der Waals surface area contributed by atoms with Gasteiger partial charge in [0.1, 0.15) is 10.7 Å². The van der Waals surface area contributed by atoms with Gasteiger partial charge in [-0.1, -0.05) is 48.9 Å². The second kappa shape index (κ2) is 9.05. The van der Waals surface area contributed by atoms with Gasteiger partial charge in [0, 0.05) is 19.0 Å². The van der Waals surface area contributed by atoms with Crippen LogP contribution in [0.1, 0.15) is 43.4 Å². The minimum atomic E-state index is -3.89. The zero-order valence-corrected chi connectivity index (χ0v) is 17.6. The maximum atomic E-state index is 13.9. The summed E-state index contributed by atoms with van der Waals surface area (Å²) in [5, 5.41) is 3.10. The molecule has 29 heavy (non-hydrogen) atoms. The maximum absolute atomic E-state index is 13.9.